The van der Waals surface area contributed by atoms with E-state index in [0.717, 1.165) is 5.56 Å². The summed E-state index contributed by atoms with van der Waals surface area (Å²) >= 11 is 3.42. The van der Waals surface area contributed by atoms with Crippen molar-refractivity contribution in [2.45, 2.75) is 37.0 Å². The van der Waals surface area contributed by atoms with E-state index in [2.05, 4.69) is 30.7 Å². The molecule has 0 saturated carbocycles. The third-order valence-corrected chi connectivity index (χ3v) is 8.19. The van der Waals surface area contributed by atoms with Gasteiger partial charge in [0.2, 0.25) is 11.8 Å². The second kappa shape index (κ2) is 12.6. The SMILES string of the molecule is COC(=O)c1c(O)cccc1OCCCCNC(=O)[C@@H](N)Cc1ccc(C2CC(=O)NS2(O)O)c(Br)c1. The van der Waals surface area contributed by atoms with Crippen molar-refractivity contribution in [3.63, 3.8) is 0 Å². The second-order valence-corrected chi connectivity index (χ2v) is 11.3. The van der Waals surface area contributed by atoms with Crippen LogP contribution in [0.15, 0.2) is 40.9 Å². The van der Waals surface area contributed by atoms with Gasteiger partial charge in [-0.05, 0) is 48.6 Å². The van der Waals surface area contributed by atoms with E-state index in [1.807, 2.05) is 0 Å². The number of nitrogens with one attached hydrogen (secondary N) is 2. The number of phenolic OH excluding ortho intramolecular Hbond substituents is 1. The average molecular weight is 600 g/mol. The predicted molar refractivity (Wildman–Crippen MR) is 141 cm³/mol. The number of amides is 2. The molecule has 0 aromatic heterocycles. The molecule has 2 aromatic carbocycles. The summed E-state index contributed by atoms with van der Waals surface area (Å²) in [6.07, 6.45) is 1.43. The van der Waals surface area contributed by atoms with Crippen LogP contribution in [0.2, 0.25) is 0 Å². The Hall–Kier alpha value is -2.84. The number of aromatic hydroxyl groups is 1. The summed E-state index contributed by atoms with van der Waals surface area (Å²) in [4.78, 5) is 35.8. The zero-order valence-electron chi connectivity index (χ0n) is 20.1. The molecule has 1 heterocycles. The first-order chi connectivity index (χ1) is 17.5. The van der Waals surface area contributed by atoms with E-state index in [1.165, 1.54) is 13.2 Å². The molecule has 1 fully saturated rings. The highest BCUT2D eigenvalue weighted by Gasteiger charge is 2.39. The molecule has 0 spiro atoms. The molecule has 0 aliphatic carbocycles. The first-order valence-corrected chi connectivity index (χ1v) is 13.9. The number of halogens is 1. The van der Waals surface area contributed by atoms with Crippen LogP contribution in [0.1, 0.15) is 46.0 Å². The smallest absolute Gasteiger partial charge is 0.345 e. The van der Waals surface area contributed by atoms with E-state index in [9.17, 15) is 28.6 Å². The fraction of sp³-hybridized carbons (Fsp3) is 0.375. The van der Waals surface area contributed by atoms with Crippen LogP contribution in [0.25, 0.3) is 0 Å². The summed E-state index contributed by atoms with van der Waals surface area (Å²) in [5.74, 6) is -1.44. The molecule has 7 N–H and O–H groups in total. The number of carbonyl (C=O) groups excluding carboxylic acids is 3. The largest absolute Gasteiger partial charge is 0.507 e. The van der Waals surface area contributed by atoms with Crippen molar-refractivity contribution < 1.29 is 38.1 Å². The number of esters is 1. The van der Waals surface area contributed by atoms with Gasteiger partial charge in [-0.1, -0.05) is 34.1 Å². The molecule has 1 aliphatic rings. The summed E-state index contributed by atoms with van der Waals surface area (Å²) in [7, 11) is -2.05. The Morgan fingerprint density at radius 1 is 1.27 bits per heavy atom. The van der Waals surface area contributed by atoms with Crippen molar-refractivity contribution in [3.8, 4) is 11.5 Å². The summed E-state index contributed by atoms with van der Waals surface area (Å²) in [6, 6.07) is 8.89. The Morgan fingerprint density at radius 2 is 2.03 bits per heavy atom. The van der Waals surface area contributed by atoms with Crippen LogP contribution in [0, 0.1) is 0 Å². The maximum absolute atomic E-state index is 12.4. The molecule has 2 amide bonds. The molecule has 202 valence electrons. The molecule has 37 heavy (non-hydrogen) atoms. The molecule has 0 radical (unpaired) electrons. The molecule has 2 atom stereocenters. The van der Waals surface area contributed by atoms with Crippen LogP contribution in [-0.2, 0) is 20.7 Å². The van der Waals surface area contributed by atoms with Crippen LogP contribution >= 0.6 is 26.7 Å². The number of carbonyl (C=O) groups is 3. The monoisotopic (exact) mass is 599 g/mol. The third-order valence-electron chi connectivity index (χ3n) is 5.76. The van der Waals surface area contributed by atoms with E-state index in [-0.39, 0.29) is 42.4 Å². The second-order valence-electron chi connectivity index (χ2n) is 8.47. The number of hydrogen-bond acceptors (Lipinski definition) is 9. The van der Waals surface area contributed by atoms with Gasteiger partial charge in [0.05, 0.1) is 26.2 Å². The fourth-order valence-corrected chi connectivity index (χ4v) is 6.21. The summed E-state index contributed by atoms with van der Waals surface area (Å²) in [6.45, 7) is 0.644. The highest BCUT2D eigenvalue weighted by molar-refractivity contribution is 9.10. The standard InChI is InChI=1S/C24H30BrN3O8S/c1-35-24(32)22-18(29)5-4-6-19(22)36-10-3-2-9-27-23(31)17(26)12-14-7-8-15(16(25)11-14)20-13-21(30)28-37(20,33)34/h4-8,11,17,20,29,33-34H,2-3,9-10,12-13,26H2,1H3,(H,27,31)(H,28,30)/t17-,20?/m0/s1. The number of hydrogen-bond donors (Lipinski definition) is 6. The lowest BCUT2D eigenvalue weighted by atomic mass is 10.0. The summed E-state index contributed by atoms with van der Waals surface area (Å²) in [5.41, 5.74) is 7.38. The first kappa shape index (κ1) is 28.7. The minimum atomic E-state index is -3.26. The Balaban J connectivity index is 1.43. The van der Waals surface area contributed by atoms with Crippen molar-refractivity contribution in [1.82, 2.24) is 10.0 Å². The van der Waals surface area contributed by atoms with Gasteiger partial charge < -0.3 is 25.6 Å². The number of methoxy groups -OCH3 is 1. The highest BCUT2D eigenvalue weighted by Crippen LogP contribution is 2.57. The van der Waals surface area contributed by atoms with Crippen molar-refractivity contribution in [2.24, 2.45) is 5.73 Å². The minimum Gasteiger partial charge on any atom is -0.507 e. The fourth-order valence-electron chi connectivity index (χ4n) is 3.86. The number of ether oxygens (including phenoxy) is 2. The van der Waals surface area contributed by atoms with Gasteiger partial charge in [0, 0.05) is 11.0 Å². The van der Waals surface area contributed by atoms with Crippen molar-refractivity contribution in [2.75, 3.05) is 20.3 Å². The molecular weight excluding hydrogens is 570 g/mol. The van der Waals surface area contributed by atoms with Gasteiger partial charge in [0.1, 0.15) is 22.3 Å². The van der Waals surface area contributed by atoms with E-state index in [4.69, 9.17) is 10.5 Å². The maximum atomic E-state index is 12.4. The maximum Gasteiger partial charge on any atom is 0.345 e. The van der Waals surface area contributed by atoms with E-state index >= 15 is 0 Å². The van der Waals surface area contributed by atoms with Gasteiger partial charge in [0.15, 0.2) is 0 Å². The first-order valence-electron chi connectivity index (χ1n) is 11.5. The van der Waals surface area contributed by atoms with Gasteiger partial charge >= 0.3 is 5.97 Å². The van der Waals surface area contributed by atoms with Crippen molar-refractivity contribution in [3.05, 3.63) is 57.6 Å². The average Bonchev–Trinajstić information content (AvgIpc) is 3.12. The topological polar surface area (TPSA) is 180 Å². The Kier molecular flexibility index (Phi) is 9.79. The number of unbranched alkanes of at least 4 members (excludes halogenated alkanes) is 1. The van der Waals surface area contributed by atoms with Crippen LogP contribution in [0.5, 0.6) is 11.5 Å². The number of rotatable bonds is 11. The van der Waals surface area contributed by atoms with Gasteiger partial charge in [-0.2, -0.15) is 0 Å². The third kappa shape index (κ3) is 7.36. The number of nitrogens with two attached hydrogens (primary N) is 1. The summed E-state index contributed by atoms with van der Waals surface area (Å²) < 4.78 is 33.3. The quantitative estimate of drug-likeness (QED) is 0.167. The molecule has 1 aliphatic heterocycles. The van der Waals surface area contributed by atoms with Gasteiger partial charge in [0.25, 0.3) is 0 Å². The normalized spacial score (nSPS) is 18.0. The molecule has 1 saturated heterocycles. The Bertz CT molecular complexity index is 1160. The van der Waals surface area contributed by atoms with E-state index < -0.39 is 33.9 Å². The van der Waals surface area contributed by atoms with Gasteiger partial charge in [-0.3, -0.25) is 23.4 Å². The highest BCUT2D eigenvalue weighted by atomic mass is 79.9. The lowest BCUT2D eigenvalue weighted by Gasteiger charge is -2.33. The molecule has 3 rings (SSSR count). The van der Waals surface area contributed by atoms with Crippen LogP contribution in [0.4, 0.5) is 0 Å². The zero-order valence-corrected chi connectivity index (χ0v) is 22.5. The molecule has 0 bridgehead atoms. The Morgan fingerprint density at radius 3 is 2.68 bits per heavy atom. The van der Waals surface area contributed by atoms with E-state index in [0.29, 0.717) is 29.4 Å². The number of phenols is 1. The number of benzene rings is 2. The molecular formula is C24H30BrN3O8S. The lowest BCUT2D eigenvalue weighted by Crippen LogP contribution is -2.42. The van der Waals surface area contributed by atoms with Crippen molar-refractivity contribution in [1.29, 1.82) is 0 Å². The summed E-state index contributed by atoms with van der Waals surface area (Å²) in [5, 5.41) is 11.9. The lowest BCUT2D eigenvalue weighted by molar-refractivity contribution is -0.122. The Labute approximate surface area is 224 Å². The van der Waals surface area contributed by atoms with Crippen LogP contribution in [0.3, 0.4) is 0 Å². The predicted octanol–water partition coefficient (Wildman–Crippen LogP) is 3.01. The van der Waals surface area contributed by atoms with E-state index in [1.54, 1.807) is 30.3 Å². The van der Waals surface area contributed by atoms with Gasteiger partial charge in [-0.15, -0.1) is 10.8 Å². The van der Waals surface area contributed by atoms with Crippen LogP contribution < -0.4 is 20.5 Å². The minimum absolute atomic E-state index is 0.0203. The molecule has 1 unspecified atom stereocenters. The molecule has 2 aromatic rings. The zero-order chi connectivity index (χ0) is 27.2. The van der Waals surface area contributed by atoms with Crippen LogP contribution in [-0.4, -0.2) is 58.3 Å². The van der Waals surface area contributed by atoms with Crippen molar-refractivity contribution >= 4 is 44.5 Å². The molecule has 13 heteroatoms. The molecule has 11 nitrogen and oxygen atoms in total. The van der Waals surface area contributed by atoms with Gasteiger partial charge in [-0.25, -0.2) is 4.79 Å².